The second-order valence-corrected chi connectivity index (χ2v) is 3.97. The molecule has 0 amide bonds. The highest BCUT2D eigenvalue weighted by Gasteiger charge is 2.10. The minimum Gasteiger partial charge on any atom is -0.496 e. The fraction of sp³-hybridized carbons (Fsp3) is 0.308. The summed E-state index contributed by atoms with van der Waals surface area (Å²) in [4.78, 5) is 0. The van der Waals surface area contributed by atoms with E-state index in [1.165, 1.54) is 0 Å². The van der Waals surface area contributed by atoms with Crippen LogP contribution in [-0.2, 0) is 0 Å². The van der Waals surface area contributed by atoms with Crippen molar-refractivity contribution in [3.63, 3.8) is 0 Å². The first-order valence-electron chi connectivity index (χ1n) is 5.20. The van der Waals surface area contributed by atoms with Crippen molar-refractivity contribution in [2.75, 3.05) is 7.11 Å². The van der Waals surface area contributed by atoms with Crippen LogP contribution in [0, 0.1) is 20.8 Å². The predicted octanol–water partition coefficient (Wildman–Crippen LogP) is 3.28. The van der Waals surface area contributed by atoms with Crippen LogP contribution < -0.4 is 4.74 Å². The lowest BCUT2D eigenvalue weighted by Crippen LogP contribution is -1.90. The zero-order valence-corrected chi connectivity index (χ0v) is 10.00. The Morgan fingerprint density at radius 3 is 2.38 bits per heavy atom. The van der Waals surface area contributed by atoms with Crippen molar-refractivity contribution in [2.45, 2.75) is 20.8 Å². The Labute approximate surface area is 95.0 Å². The maximum absolute atomic E-state index is 5.28. The molecule has 2 aromatic rings. The summed E-state index contributed by atoms with van der Waals surface area (Å²) in [6, 6.07) is 6.02. The number of methoxy groups -OCH3 is 1. The van der Waals surface area contributed by atoms with Gasteiger partial charge in [0.1, 0.15) is 5.75 Å². The van der Waals surface area contributed by atoms with E-state index in [2.05, 4.69) is 11.2 Å². The second kappa shape index (κ2) is 4.00. The van der Waals surface area contributed by atoms with Gasteiger partial charge in [0, 0.05) is 11.6 Å². The standard InChI is InChI=1S/C13H15NO2/c1-8-6-12(15-4)9(2)5-11(8)13-7-10(3)14-16-13/h5-7H,1-4H3. The third-order valence-electron chi connectivity index (χ3n) is 2.64. The van der Waals surface area contributed by atoms with Gasteiger partial charge in [-0.15, -0.1) is 0 Å². The van der Waals surface area contributed by atoms with Crippen LogP contribution in [0.1, 0.15) is 16.8 Å². The maximum atomic E-state index is 5.28. The molecule has 0 aliphatic heterocycles. The molecule has 16 heavy (non-hydrogen) atoms. The average molecular weight is 217 g/mol. The first-order valence-corrected chi connectivity index (χ1v) is 5.20. The molecule has 1 heterocycles. The summed E-state index contributed by atoms with van der Waals surface area (Å²) in [6.07, 6.45) is 0. The van der Waals surface area contributed by atoms with E-state index in [1.807, 2.05) is 32.9 Å². The highest BCUT2D eigenvalue weighted by atomic mass is 16.5. The summed E-state index contributed by atoms with van der Waals surface area (Å²) in [5, 5.41) is 3.90. The molecule has 2 rings (SSSR count). The van der Waals surface area contributed by atoms with E-state index in [-0.39, 0.29) is 0 Å². The largest absolute Gasteiger partial charge is 0.496 e. The molecule has 1 aromatic carbocycles. The lowest BCUT2D eigenvalue weighted by molar-refractivity contribution is 0.410. The van der Waals surface area contributed by atoms with Gasteiger partial charge in [-0.05, 0) is 44.0 Å². The average Bonchev–Trinajstić information content (AvgIpc) is 2.67. The fourth-order valence-electron chi connectivity index (χ4n) is 1.77. The molecule has 3 heteroatoms. The summed E-state index contributed by atoms with van der Waals surface area (Å²) in [6.45, 7) is 5.97. The summed E-state index contributed by atoms with van der Waals surface area (Å²) in [7, 11) is 1.68. The lowest BCUT2D eigenvalue weighted by Gasteiger charge is -2.08. The van der Waals surface area contributed by atoms with Gasteiger partial charge in [-0.1, -0.05) is 5.16 Å². The lowest BCUT2D eigenvalue weighted by atomic mass is 10.0. The van der Waals surface area contributed by atoms with Crippen molar-refractivity contribution in [3.05, 3.63) is 35.0 Å². The Morgan fingerprint density at radius 1 is 1.06 bits per heavy atom. The fourth-order valence-corrected chi connectivity index (χ4v) is 1.77. The number of benzene rings is 1. The molecule has 0 aliphatic rings. The van der Waals surface area contributed by atoms with Crippen LogP contribution >= 0.6 is 0 Å². The Bertz CT molecular complexity index is 515. The molecule has 0 radical (unpaired) electrons. The van der Waals surface area contributed by atoms with Gasteiger partial charge >= 0.3 is 0 Å². The van der Waals surface area contributed by atoms with Crippen molar-refractivity contribution in [1.29, 1.82) is 0 Å². The summed E-state index contributed by atoms with van der Waals surface area (Å²) in [5.74, 6) is 1.71. The zero-order valence-electron chi connectivity index (χ0n) is 10.00. The van der Waals surface area contributed by atoms with Crippen LogP contribution in [0.4, 0.5) is 0 Å². The minimum absolute atomic E-state index is 0.806. The van der Waals surface area contributed by atoms with Crippen molar-refractivity contribution in [2.24, 2.45) is 0 Å². The van der Waals surface area contributed by atoms with Gasteiger partial charge in [-0.25, -0.2) is 0 Å². The summed E-state index contributed by atoms with van der Waals surface area (Å²) >= 11 is 0. The van der Waals surface area contributed by atoms with Crippen molar-refractivity contribution in [3.8, 4) is 17.1 Å². The Kier molecular flexibility index (Phi) is 2.69. The van der Waals surface area contributed by atoms with Gasteiger partial charge in [0.05, 0.1) is 12.8 Å². The van der Waals surface area contributed by atoms with Crippen LogP contribution in [0.25, 0.3) is 11.3 Å². The van der Waals surface area contributed by atoms with E-state index in [9.17, 15) is 0 Å². The maximum Gasteiger partial charge on any atom is 0.167 e. The summed E-state index contributed by atoms with van der Waals surface area (Å²) < 4.78 is 10.5. The molecule has 1 aromatic heterocycles. The van der Waals surface area contributed by atoms with Gasteiger partial charge < -0.3 is 9.26 Å². The number of rotatable bonds is 2. The minimum atomic E-state index is 0.806. The topological polar surface area (TPSA) is 35.3 Å². The van der Waals surface area contributed by atoms with Crippen LogP contribution in [0.5, 0.6) is 5.75 Å². The molecular formula is C13H15NO2. The van der Waals surface area contributed by atoms with Crippen LogP contribution in [0.15, 0.2) is 22.7 Å². The van der Waals surface area contributed by atoms with E-state index in [1.54, 1.807) is 7.11 Å². The molecule has 0 saturated heterocycles. The normalized spacial score (nSPS) is 10.5. The molecular weight excluding hydrogens is 202 g/mol. The Hall–Kier alpha value is -1.77. The molecule has 0 bridgehead atoms. The van der Waals surface area contributed by atoms with E-state index in [0.29, 0.717) is 0 Å². The Morgan fingerprint density at radius 2 is 1.81 bits per heavy atom. The van der Waals surface area contributed by atoms with E-state index >= 15 is 0 Å². The van der Waals surface area contributed by atoms with Gasteiger partial charge in [0.2, 0.25) is 0 Å². The van der Waals surface area contributed by atoms with Gasteiger partial charge in [-0.3, -0.25) is 0 Å². The molecule has 0 unspecified atom stereocenters. The molecule has 84 valence electrons. The quantitative estimate of drug-likeness (QED) is 0.774. The highest BCUT2D eigenvalue weighted by molar-refractivity contribution is 5.65. The van der Waals surface area contributed by atoms with E-state index in [0.717, 1.165) is 33.9 Å². The van der Waals surface area contributed by atoms with E-state index in [4.69, 9.17) is 9.26 Å². The van der Waals surface area contributed by atoms with Crippen LogP contribution in [-0.4, -0.2) is 12.3 Å². The molecule has 0 aliphatic carbocycles. The van der Waals surface area contributed by atoms with Crippen molar-refractivity contribution in [1.82, 2.24) is 5.16 Å². The monoisotopic (exact) mass is 217 g/mol. The molecule has 0 N–H and O–H groups in total. The number of aryl methyl sites for hydroxylation is 3. The molecule has 0 atom stereocenters. The number of ether oxygens (including phenoxy) is 1. The highest BCUT2D eigenvalue weighted by Crippen LogP contribution is 2.30. The van der Waals surface area contributed by atoms with E-state index < -0.39 is 0 Å². The predicted molar refractivity (Wildman–Crippen MR) is 62.7 cm³/mol. The number of nitrogens with zero attached hydrogens (tertiary/aromatic N) is 1. The number of aromatic nitrogens is 1. The van der Waals surface area contributed by atoms with Crippen molar-refractivity contribution >= 4 is 0 Å². The SMILES string of the molecule is COc1cc(C)c(-c2cc(C)no2)cc1C. The summed E-state index contributed by atoms with van der Waals surface area (Å²) in [5.41, 5.74) is 4.18. The van der Waals surface area contributed by atoms with Gasteiger partial charge in [0.25, 0.3) is 0 Å². The van der Waals surface area contributed by atoms with Crippen molar-refractivity contribution < 1.29 is 9.26 Å². The first-order chi connectivity index (χ1) is 7.61. The first kappa shape index (κ1) is 10.7. The zero-order chi connectivity index (χ0) is 11.7. The number of hydrogen-bond donors (Lipinski definition) is 0. The Balaban J connectivity index is 2.54. The smallest absolute Gasteiger partial charge is 0.167 e. The molecule has 0 spiro atoms. The van der Waals surface area contributed by atoms with Crippen LogP contribution in [0.3, 0.4) is 0 Å². The van der Waals surface area contributed by atoms with Crippen LogP contribution in [0.2, 0.25) is 0 Å². The molecule has 0 fully saturated rings. The van der Waals surface area contributed by atoms with Gasteiger partial charge in [0.15, 0.2) is 5.76 Å². The number of hydrogen-bond acceptors (Lipinski definition) is 3. The third kappa shape index (κ3) is 1.81. The second-order valence-electron chi connectivity index (χ2n) is 3.97. The third-order valence-corrected chi connectivity index (χ3v) is 2.64. The van der Waals surface area contributed by atoms with Gasteiger partial charge in [-0.2, -0.15) is 0 Å². The molecule has 3 nitrogen and oxygen atoms in total. The molecule has 0 saturated carbocycles.